The zero-order valence-electron chi connectivity index (χ0n) is 10.7. The van der Waals surface area contributed by atoms with Crippen molar-refractivity contribution in [3.05, 3.63) is 24.3 Å². The number of rotatable bonds is 1. The molecule has 0 radical (unpaired) electrons. The molecular formula is C14H19N3. The highest BCUT2D eigenvalue weighted by molar-refractivity contribution is 5.77. The fraction of sp³-hybridized carbons (Fsp3) is 0.571. The summed E-state index contributed by atoms with van der Waals surface area (Å²) >= 11 is 0. The summed E-state index contributed by atoms with van der Waals surface area (Å²) in [4.78, 5) is 8.81. The van der Waals surface area contributed by atoms with E-state index in [1.54, 1.807) is 0 Å². The van der Waals surface area contributed by atoms with Gasteiger partial charge < -0.3 is 4.57 Å². The Morgan fingerprint density at radius 3 is 2.59 bits per heavy atom. The van der Waals surface area contributed by atoms with Crippen LogP contribution in [-0.4, -0.2) is 14.5 Å². The number of hydrogen-bond acceptors (Lipinski definition) is 2. The van der Waals surface area contributed by atoms with Crippen LogP contribution in [0.25, 0.3) is 11.0 Å². The van der Waals surface area contributed by atoms with E-state index in [1.807, 2.05) is 19.4 Å². The zero-order valence-corrected chi connectivity index (χ0v) is 10.7. The van der Waals surface area contributed by atoms with Crippen LogP contribution in [0, 0.1) is 18.8 Å². The van der Waals surface area contributed by atoms with Crippen LogP contribution in [-0.2, 0) is 0 Å². The van der Waals surface area contributed by atoms with Gasteiger partial charge in [0.2, 0.25) is 0 Å². The van der Waals surface area contributed by atoms with Crippen LogP contribution in [0.4, 0.5) is 0 Å². The van der Waals surface area contributed by atoms with Crippen LogP contribution in [0.2, 0.25) is 0 Å². The first-order valence-corrected chi connectivity index (χ1v) is 6.45. The Kier molecular flexibility index (Phi) is 2.42. The zero-order chi connectivity index (χ0) is 12.0. The van der Waals surface area contributed by atoms with E-state index in [-0.39, 0.29) is 0 Å². The summed E-state index contributed by atoms with van der Waals surface area (Å²) in [5, 5.41) is 0. The minimum absolute atomic E-state index is 0.617. The van der Waals surface area contributed by atoms with Crippen molar-refractivity contribution in [1.29, 1.82) is 0 Å². The lowest BCUT2D eigenvalue weighted by molar-refractivity contribution is 0.457. The maximum atomic E-state index is 4.51. The molecule has 1 fully saturated rings. The van der Waals surface area contributed by atoms with Gasteiger partial charge in [-0.2, -0.15) is 0 Å². The molecule has 3 rings (SSSR count). The number of aromatic nitrogens is 3. The molecule has 3 heteroatoms. The molecule has 1 aliphatic rings. The van der Waals surface area contributed by atoms with Gasteiger partial charge in [0.1, 0.15) is 5.52 Å². The van der Waals surface area contributed by atoms with Crippen molar-refractivity contribution in [2.75, 3.05) is 0 Å². The Labute approximate surface area is 102 Å². The Hall–Kier alpha value is -1.38. The van der Waals surface area contributed by atoms with E-state index in [2.05, 4.69) is 34.4 Å². The molecule has 0 bridgehead atoms. The molecule has 3 nitrogen and oxygen atoms in total. The van der Waals surface area contributed by atoms with Crippen molar-refractivity contribution < 1.29 is 0 Å². The monoisotopic (exact) mass is 229 g/mol. The van der Waals surface area contributed by atoms with E-state index < -0.39 is 0 Å². The Balaban J connectivity index is 2.04. The number of imidazole rings is 1. The van der Waals surface area contributed by atoms with E-state index >= 15 is 0 Å². The number of fused-ring (bicyclic) bond motifs is 1. The first-order chi connectivity index (χ1) is 8.16. The van der Waals surface area contributed by atoms with E-state index in [9.17, 15) is 0 Å². The normalized spacial score (nSPS) is 29.0. The summed E-state index contributed by atoms with van der Waals surface area (Å²) in [5.41, 5.74) is 3.32. The molecule has 1 saturated carbocycles. The fourth-order valence-electron chi connectivity index (χ4n) is 3.03. The number of hydrogen-bond donors (Lipinski definition) is 0. The Morgan fingerprint density at radius 2 is 1.88 bits per heavy atom. The average Bonchev–Trinajstić information content (AvgIpc) is 2.85. The van der Waals surface area contributed by atoms with Gasteiger partial charge in [-0.3, -0.25) is 4.98 Å². The Bertz CT molecular complexity index is 533. The van der Waals surface area contributed by atoms with Crippen molar-refractivity contribution >= 4 is 11.0 Å². The van der Waals surface area contributed by atoms with Crippen molar-refractivity contribution in [3.8, 4) is 0 Å². The summed E-state index contributed by atoms with van der Waals surface area (Å²) in [6, 6.07) is 2.70. The maximum absolute atomic E-state index is 4.51. The number of nitrogens with zero attached hydrogens (tertiary/aromatic N) is 3. The van der Waals surface area contributed by atoms with Gasteiger partial charge in [0, 0.05) is 12.2 Å². The largest absolute Gasteiger partial charge is 0.327 e. The third kappa shape index (κ3) is 1.65. The van der Waals surface area contributed by atoms with Crippen LogP contribution in [0.5, 0.6) is 0 Å². The molecule has 0 aromatic carbocycles. The van der Waals surface area contributed by atoms with Gasteiger partial charge >= 0.3 is 0 Å². The SMILES string of the molecule is Cc1nccc2c1ncn2[C@H]1C[C@@H](C)[C@@H](C)C1. The van der Waals surface area contributed by atoms with Crippen LogP contribution >= 0.6 is 0 Å². The highest BCUT2D eigenvalue weighted by atomic mass is 15.1. The van der Waals surface area contributed by atoms with E-state index in [1.165, 1.54) is 18.4 Å². The molecule has 0 unspecified atom stereocenters. The van der Waals surface area contributed by atoms with Crippen LogP contribution < -0.4 is 0 Å². The fourth-order valence-corrected chi connectivity index (χ4v) is 3.03. The molecule has 2 heterocycles. The van der Waals surface area contributed by atoms with Gasteiger partial charge in [-0.05, 0) is 37.7 Å². The molecular weight excluding hydrogens is 210 g/mol. The summed E-state index contributed by atoms with van der Waals surface area (Å²) in [6.45, 7) is 6.74. The van der Waals surface area contributed by atoms with Gasteiger partial charge in [-0.1, -0.05) is 13.8 Å². The van der Waals surface area contributed by atoms with Crippen molar-refractivity contribution in [2.45, 2.75) is 39.7 Å². The first kappa shape index (κ1) is 10.8. The van der Waals surface area contributed by atoms with Gasteiger partial charge in [-0.25, -0.2) is 4.98 Å². The molecule has 3 atom stereocenters. The molecule has 0 aliphatic heterocycles. The molecule has 0 amide bonds. The lowest BCUT2D eigenvalue weighted by Gasteiger charge is -2.12. The second kappa shape index (κ2) is 3.83. The van der Waals surface area contributed by atoms with Gasteiger partial charge in [-0.15, -0.1) is 0 Å². The van der Waals surface area contributed by atoms with E-state index in [0.717, 1.165) is 23.0 Å². The minimum atomic E-state index is 0.617. The van der Waals surface area contributed by atoms with Crippen LogP contribution in [0.3, 0.4) is 0 Å². The smallest absolute Gasteiger partial charge is 0.110 e. The highest BCUT2D eigenvalue weighted by Crippen LogP contribution is 2.40. The standard InChI is InChI=1S/C14H19N3/c1-9-6-12(7-10(9)2)17-8-16-14-11(3)15-5-4-13(14)17/h4-5,8-10,12H,6-7H2,1-3H3/t9-,10+,12+. The van der Waals surface area contributed by atoms with Gasteiger partial charge in [0.05, 0.1) is 17.5 Å². The van der Waals surface area contributed by atoms with Crippen molar-refractivity contribution in [3.63, 3.8) is 0 Å². The Morgan fingerprint density at radius 1 is 1.18 bits per heavy atom. The number of aryl methyl sites for hydroxylation is 1. The second-order valence-corrected chi connectivity index (χ2v) is 5.50. The molecule has 2 aromatic rings. The second-order valence-electron chi connectivity index (χ2n) is 5.50. The van der Waals surface area contributed by atoms with Crippen LogP contribution in [0.15, 0.2) is 18.6 Å². The van der Waals surface area contributed by atoms with E-state index in [0.29, 0.717) is 6.04 Å². The molecule has 0 spiro atoms. The summed E-state index contributed by atoms with van der Waals surface area (Å²) in [7, 11) is 0. The topological polar surface area (TPSA) is 30.7 Å². The highest BCUT2D eigenvalue weighted by Gasteiger charge is 2.29. The molecule has 0 saturated heterocycles. The molecule has 2 aromatic heterocycles. The molecule has 1 aliphatic carbocycles. The minimum Gasteiger partial charge on any atom is -0.327 e. The van der Waals surface area contributed by atoms with Crippen molar-refractivity contribution in [1.82, 2.24) is 14.5 Å². The summed E-state index contributed by atoms with van der Waals surface area (Å²) in [5.74, 6) is 1.64. The summed E-state index contributed by atoms with van der Waals surface area (Å²) < 4.78 is 2.35. The lowest BCUT2D eigenvalue weighted by Crippen LogP contribution is -2.03. The molecule has 17 heavy (non-hydrogen) atoms. The number of pyridine rings is 1. The summed E-state index contributed by atoms with van der Waals surface area (Å²) in [6.07, 6.45) is 6.43. The van der Waals surface area contributed by atoms with E-state index in [4.69, 9.17) is 0 Å². The third-order valence-corrected chi connectivity index (χ3v) is 4.33. The van der Waals surface area contributed by atoms with Gasteiger partial charge in [0.15, 0.2) is 0 Å². The molecule has 90 valence electrons. The van der Waals surface area contributed by atoms with Crippen LogP contribution in [0.1, 0.15) is 38.4 Å². The average molecular weight is 229 g/mol. The third-order valence-electron chi connectivity index (χ3n) is 4.33. The van der Waals surface area contributed by atoms with Crippen molar-refractivity contribution in [2.24, 2.45) is 11.8 Å². The predicted molar refractivity (Wildman–Crippen MR) is 68.9 cm³/mol. The maximum Gasteiger partial charge on any atom is 0.110 e. The van der Waals surface area contributed by atoms with Gasteiger partial charge in [0.25, 0.3) is 0 Å². The lowest BCUT2D eigenvalue weighted by atomic mass is 10.0. The first-order valence-electron chi connectivity index (χ1n) is 6.45. The predicted octanol–water partition coefficient (Wildman–Crippen LogP) is 3.35. The molecule has 0 N–H and O–H groups in total. The quantitative estimate of drug-likeness (QED) is 0.750.